The van der Waals surface area contributed by atoms with Crippen molar-refractivity contribution in [1.82, 2.24) is 15.1 Å². The van der Waals surface area contributed by atoms with Crippen molar-refractivity contribution >= 4 is 11.8 Å². The third kappa shape index (κ3) is 4.08. The number of carbonyl (C=O) groups excluding carboxylic acids is 1. The van der Waals surface area contributed by atoms with E-state index in [0.717, 1.165) is 12.1 Å². The lowest BCUT2D eigenvalue weighted by atomic mass is 9.97. The highest BCUT2D eigenvalue weighted by Gasteiger charge is 2.11. The third-order valence-corrected chi connectivity index (χ3v) is 3.52. The van der Waals surface area contributed by atoms with Crippen LogP contribution in [0.1, 0.15) is 30.5 Å². The Balaban J connectivity index is 1.89. The molecule has 0 aliphatic rings. The molecule has 1 heterocycles. The Kier molecular flexibility index (Phi) is 4.98. The molecule has 0 unspecified atom stereocenters. The van der Waals surface area contributed by atoms with Crippen LogP contribution in [-0.2, 0) is 7.05 Å². The van der Waals surface area contributed by atoms with Gasteiger partial charge >= 0.3 is 6.03 Å². The van der Waals surface area contributed by atoms with Gasteiger partial charge in [0.25, 0.3) is 0 Å². The molecule has 2 amide bonds. The van der Waals surface area contributed by atoms with Crippen molar-refractivity contribution in [2.75, 3.05) is 11.9 Å². The van der Waals surface area contributed by atoms with Crippen molar-refractivity contribution in [1.29, 1.82) is 0 Å². The van der Waals surface area contributed by atoms with Gasteiger partial charge in [0.1, 0.15) is 5.82 Å². The lowest BCUT2D eigenvalue weighted by Crippen LogP contribution is -2.32. The Morgan fingerprint density at radius 2 is 2.05 bits per heavy atom. The van der Waals surface area contributed by atoms with Gasteiger partial charge in [-0.1, -0.05) is 37.3 Å². The molecule has 21 heavy (non-hydrogen) atoms. The Bertz CT molecular complexity index is 592. The molecule has 2 aromatic rings. The molecule has 0 fully saturated rings. The van der Waals surface area contributed by atoms with Gasteiger partial charge in [0.15, 0.2) is 0 Å². The summed E-state index contributed by atoms with van der Waals surface area (Å²) in [5.74, 6) is 1.02. The van der Waals surface area contributed by atoms with Crippen molar-refractivity contribution in [3.8, 4) is 0 Å². The number of nitrogens with one attached hydrogen (secondary N) is 2. The smallest absolute Gasteiger partial charge is 0.320 e. The number of anilines is 1. The molecule has 112 valence electrons. The SMILES string of the molecule is CC[C@H](CNC(=O)Nc1cc(C)nn1C)c1ccccc1. The number of aryl methyl sites for hydroxylation is 2. The number of hydrogen-bond acceptors (Lipinski definition) is 2. The molecule has 0 aliphatic carbocycles. The molecule has 2 rings (SSSR count). The van der Waals surface area contributed by atoms with Gasteiger partial charge in [0, 0.05) is 25.6 Å². The molecule has 1 aromatic carbocycles. The number of amides is 2. The van der Waals surface area contributed by atoms with Crippen LogP contribution < -0.4 is 10.6 Å². The first kappa shape index (κ1) is 15.1. The summed E-state index contributed by atoms with van der Waals surface area (Å²) in [6.45, 7) is 4.64. The van der Waals surface area contributed by atoms with Gasteiger partial charge in [-0.05, 0) is 18.9 Å². The maximum Gasteiger partial charge on any atom is 0.320 e. The highest BCUT2D eigenvalue weighted by Crippen LogP contribution is 2.18. The largest absolute Gasteiger partial charge is 0.337 e. The predicted molar refractivity (Wildman–Crippen MR) is 84.4 cm³/mol. The van der Waals surface area contributed by atoms with Crippen LogP contribution >= 0.6 is 0 Å². The Morgan fingerprint density at radius 3 is 2.62 bits per heavy atom. The van der Waals surface area contributed by atoms with E-state index in [-0.39, 0.29) is 6.03 Å². The standard InChI is InChI=1S/C16H22N4O/c1-4-13(14-8-6-5-7-9-14)11-17-16(21)18-15-10-12(2)19-20(15)3/h5-10,13H,4,11H2,1-3H3,(H2,17,18,21)/t13-/m1/s1. The van der Waals surface area contributed by atoms with Gasteiger partial charge < -0.3 is 5.32 Å². The summed E-state index contributed by atoms with van der Waals surface area (Å²) in [6.07, 6.45) is 0.981. The molecular formula is C16H22N4O. The molecule has 5 nitrogen and oxygen atoms in total. The number of hydrogen-bond donors (Lipinski definition) is 2. The molecule has 0 radical (unpaired) electrons. The number of carbonyl (C=O) groups is 1. The minimum Gasteiger partial charge on any atom is -0.337 e. The fraction of sp³-hybridized carbons (Fsp3) is 0.375. The zero-order valence-electron chi connectivity index (χ0n) is 12.8. The Hall–Kier alpha value is -2.30. The van der Waals surface area contributed by atoms with E-state index >= 15 is 0 Å². The van der Waals surface area contributed by atoms with E-state index in [1.165, 1.54) is 5.56 Å². The van der Waals surface area contributed by atoms with Gasteiger partial charge in [-0.2, -0.15) is 5.10 Å². The third-order valence-electron chi connectivity index (χ3n) is 3.52. The van der Waals surface area contributed by atoms with E-state index in [1.807, 2.05) is 31.2 Å². The second-order valence-corrected chi connectivity index (χ2v) is 5.15. The van der Waals surface area contributed by atoms with E-state index in [9.17, 15) is 4.79 Å². The van der Waals surface area contributed by atoms with E-state index in [4.69, 9.17) is 0 Å². The van der Waals surface area contributed by atoms with Crippen LogP contribution in [-0.4, -0.2) is 22.4 Å². The fourth-order valence-corrected chi connectivity index (χ4v) is 2.33. The van der Waals surface area contributed by atoms with Crippen LogP contribution in [0.2, 0.25) is 0 Å². The van der Waals surface area contributed by atoms with Crippen LogP contribution in [0.4, 0.5) is 10.6 Å². The first-order chi connectivity index (χ1) is 10.1. The molecule has 1 aromatic heterocycles. The van der Waals surface area contributed by atoms with Gasteiger partial charge in [-0.25, -0.2) is 4.79 Å². The van der Waals surface area contributed by atoms with Crippen molar-refractivity contribution in [3.05, 3.63) is 47.7 Å². The van der Waals surface area contributed by atoms with E-state index in [0.29, 0.717) is 18.3 Å². The zero-order chi connectivity index (χ0) is 15.2. The minimum absolute atomic E-state index is 0.201. The van der Waals surface area contributed by atoms with Crippen molar-refractivity contribution in [3.63, 3.8) is 0 Å². The zero-order valence-corrected chi connectivity index (χ0v) is 12.8. The van der Waals surface area contributed by atoms with E-state index in [2.05, 4.69) is 34.8 Å². The predicted octanol–water partition coefficient (Wildman–Crippen LogP) is 3.04. The van der Waals surface area contributed by atoms with E-state index < -0.39 is 0 Å². The summed E-state index contributed by atoms with van der Waals surface area (Å²) >= 11 is 0. The van der Waals surface area contributed by atoms with Gasteiger partial charge in [0.05, 0.1) is 5.69 Å². The summed E-state index contributed by atoms with van der Waals surface area (Å²) in [4.78, 5) is 12.0. The van der Waals surface area contributed by atoms with Crippen LogP contribution in [0.25, 0.3) is 0 Å². The van der Waals surface area contributed by atoms with E-state index in [1.54, 1.807) is 11.7 Å². The fourth-order valence-electron chi connectivity index (χ4n) is 2.33. The highest BCUT2D eigenvalue weighted by atomic mass is 16.2. The van der Waals surface area contributed by atoms with Crippen LogP contribution in [0.3, 0.4) is 0 Å². The summed E-state index contributed by atoms with van der Waals surface area (Å²) in [6, 6.07) is 11.9. The first-order valence-corrected chi connectivity index (χ1v) is 7.20. The summed E-state index contributed by atoms with van der Waals surface area (Å²) < 4.78 is 1.66. The quantitative estimate of drug-likeness (QED) is 0.887. The second-order valence-electron chi connectivity index (χ2n) is 5.15. The normalized spacial score (nSPS) is 12.0. The topological polar surface area (TPSA) is 59.0 Å². The summed E-state index contributed by atoms with van der Waals surface area (Å²) in [7, 11) is 1.81. The van der Waals surface area contributed by atoms with Crippen molar-refractivity contribution < 1.29 is 4.79 Å². The molecule has 0 bridgehead atoms. The number of rotatable bonds is 5. The van der Waals surface area contributed by atoms with Crippen LogP contribution in [0, 0.1) is 6.92 Å². The summed E-state index contributed by atoms with van der Waals surface area (Å²) in [5, 5.41) is 9.94. The molecule has 2 N–H and O–H groups in total. The number of benzene rings is 1. The number of urea groups is 1. The summed E-state index contributed by atoms with van der Waals surface area (Å²) in [5.41, 5.74) is 2.13. The number of nitrogens with zero attached hydrogens (tertiary/aromatic N) is 2. The molecule has 0 aliphatic heterocycles. The van der Waals surface area contributed by atoms with Crippen LogP contribution in [0.15, 0.2) is 36.4 Å². The maximum atomic E-state index is 12.0. The average Bonchev–Trinajstić information content (AvgIpc) is 2.78. The molecular weight excluding hydrogens is 264 g/mol. The highest BCUT2D eigenvalue weighted by molar-refractivity contribution is 5.88. The molecule has 0 spiro atoms. The number of aromatic nitrogens is 2. The second kappa shape index (κ2) is 6.92. The Morgan fingerprint density at radius 1 is 1.33 bits per heavy atom. The van der Waals surface area contributed by atoms with Crippen molar-refractivity contribution in [2.45, 2.75) is 26.2 Å². The lowest BCUT2D eigenvalue weighted by Gasteiger charge is -2.16. The maximum absolute atomic E-state index is 12.0. The van der Waals surface area contributed by atoms with Gasteiger partial charge in [-0.15, -0.1) is 0 Å². The molecule has 0 saturated heterocycles. The monoisotopic (exact) mass is 286 g/mol. The molecule has 1 atom stereocenters. The first-order valence-electron chi connectivity index (χ1n) is 7.20. The molecule has 0 saturated carbocycles. The van der Waals surface area contributed by atoms with Crippen LogP contribution in [0.5, 0.6) is 0 Å². The Labute approximate surface area is 125 Å². The minimum atomic E-state index is -0.201. The van der Waals surface area contributed by atoms with Gasteiger partial charge in [0.2, 0.25) is 0 Å². The van der Waals surface area contributed by atoms with Gasteiger partial charge in [-0.3, -0.25) is 10.00 Å². The van der Waals surface area contributed by atoms with Crippen molar-refractivity contribution in [2.24, 2.45) is 7.05 Å². The molecule has 5 heteroatoms. The average molecular weight is 286 g/mol. The lowest BCUT2D eigenvalue weighted by molar-refractivity contribution is 0.251.